The zero-order chi connectivity index (χ0) is 9.56. The molecule has 0 bridgehead atoms. The largest absolute Gasteiger partial charge is 0.358 e. The van der Waals surface area contributed by atoms with Gasteiger partial charge in [0.15, 0.2) is 0 Å². The molecule has 0 N–H and O–H groups in total. The van der Waals surface area contributed by atoms with Gasteiger partial charge in [0.25, 0.3) is 0 Å². The van der Waals surface area contributed by atoms with E-state index in [1.54, 1.807) is 13.8 Å². The Balaban J connectivity index is 3.64. The molecule has 0 aliphatic rings. The molecule has 12 heavy (non-hydrogen) atoms. The van der Waals surface area contributed by atoms with E-state index >= 15 is 0 Å². The van der Waals surface area contributed by atoms with E-state index in [9.17, 15) is 9.59 Å². The molecule has 0 radical (unpaired) electrons. The first-order chi connectivity index (χ1) is 5.61. The Kier molecular flexibility index (Phi) is 5.08. The van der Waals surface area contributed by atoms with Crippen LogP contribution in [0, 0.1) is 5.92 Å². The van der Waals surface area contributed by atoms with Crippen LogP contribution in [0.5, 0.6) is 0 Å². The van der Waals surface area contributed by atoms with E-state index in [1.807, 2.05) is 6.92 Å². The smallest absolute Gasteiger partial charge is 0.247 e. The topological polar surface area (TPSA) is 52.6 Å². The van der Waals surface area contributed by atoms with Crippen LogP contribution in [0.1, 0.15) is 33.6 Å². The van der Waals surface area contributed by atoms with Crippen molar-refractivity contribution in [2.75, 3.05) is 0 Å². The quantitative estimate of drug-likeness (QED) is 0.480. The lowest BCUT2D eigenvalue weighted by Gasteiger charge is -2.05. The van der Waals surface area contributed by atoms with E-state index in [4.69, 9.17) is 0 Å². The molecule has 70 valence electrons. The summed E-state index contributed by atoms with van der Waals surface area (Å²) >= 11 is 0. The van der Waals surface area contributed by atoms with Gasteiger partial charge in [-0.25, -0.2) is 19.4 Å². The first kappa shape index (κ1) is 10.9. The second-order valence-corrected chi connectivity index (χ2v) is 2.52. The molecule has 0 amide bonds. The molecule has 0 saturated heterocycles. The van der Waals surface area contributed by atoms with Crippen molar-refractivity contribution in [1.82, 2.24) is 0 Å². The van der Waals surface area contributed by atoms with E-state index in [0.717, 1.165) is 0 Å². The summed E-state index contributed by atoms with van der Waals surface area (Å²) in [6.07, 6.45) is 0.871. The van der Waals surface area contributed by atoms with Crippen LogP contribution in [0.2, 0.25) is 0 Å². The van der Waals surface area contributed by atoms with Gasteiger partial charge >= 0.3 is 11.9 Å². The molecule has 0 aromatic carbocycles. The van der Waals surface area contributed by atoms with Gasteiger partial charge in [-0.1, -0.05) is 20.8 Å². The molecule has 0 saturated carbocycles. The zero-order valence-electron chi connectivity index (χ0n) is 7.62. The lowest BCUT2D eigenvalue weighted by Crippen LogP contribution is -2.16. The number of rotatable bonds is 3. The average molecular weight is 174 g/mol. The number of carbonyl (C=O) groups is 2. The number of hydrogen-bond donors (Lipinski definition) is 0. The molecule has 1 atom stereocenters. The molecule has 0 fully saturated rings. The minimum Gasteiger partial charge on any atom is -0.247 e. The van der Waals surface area contributed by atoms with Crippen LogP contribution in [-0.4, -0.2) is 11.9 Å². The monoisotopic (exact) mass is 174 g/mol. The van der Waals surface area contributed by atoms with E-state index < -0.39 is 11.9 Å². The molecule has 0 aliphatic carbocycles. The van der Waals surface area contributed by atoms with Gasteiger partial charge in [-0.2, -0.15) is 0 Å². The Morgan fingerprint density at radius 3 is 2.25 bits per heavy atom. The van der Waals surface area contributed by atoms with Gasteiger partial charge in [-0.15, -0.1) is 0 Å². The Bertz CT molecular complexity index is 164. The van der Waals surface area contributed by atoms with Crippen molar-refractivity contribution in [2.45, 2.75) is 33.6 Å². The van der Waals surface area contributed by atoms with Gasteiger partial charge in [0.2, 0.25) is 0 Å². The summed E-state index contributed by atoms with van der Waals surface area (Å²) in [6, 6.07) is 0. The second kappa shape index (κ2) is 5.57. The molecule has 0 heterocycles. The number of carbonyl (C=O) groups excluding carboxylic acids is 2. The summed E-state index contributed by atoms with van der Waals surface area (Å²) in [6.45, 7) is 5.19. The minimum absolute atomic E-state index is 0.202. The van der Waals surface area contributed by atoms with Crippen molar-refractivity contribution in [3.8, 4) is 0 Å². The molecule has 0 aromatic rings. The third kappa shape index (κ3) is 3.95. The van der Waals surface area contributed by atoms with Crippen LogP contribution in [0.25, 0.3) is 0 Å². The van der Waals surface area contributed by atoms with Crippen molar-refractivity contribution in [2.24, 2.45) is 5.92 Å². The van der Waals surface area contributed by atoms with Crippen LogP contribution in [0.4, 0.5) is 0 Å². The molecule has 0 aromatic heterocycles. The van der Waals surface area contributed by atoms with Gasteiger partial charge in [0.05, 0.1) is 5.92 Å². The molecule has 1 unspecified atom stereocenters. The molecular weight excluding hydrogens is 160 g/mol. The van der Waals surface area contributed by atoms with Crippen LogP contribution in [0.15, 0.2) is 0 Å². The lowest BCUT2D eigenvalue weighted by atomic mass is 10.1. The predicted octanol–water partition coefficient (Wildman–Crippen LogP) is 1.44. The van der Waals surface area contributed by atoms with Crippen molar-refractivity contribution < 1.29 is 19.4 Å². The maximum absolute atomic E-state index is 10.9. The Hall–Kier alpha value is -1.06. The summed E-state index contributed by atoms with van der Waals surface area (Å²) in [5, 5.41) is 0. The minimum atomic E-state index is -0.536. The maximum Gasteiger partial charge on any atom is 0.358 e. The predicted molar refractivity (Wildman–Crippen MR) is 41.9 cm³/mol. The zero-order valence-corrected chi connectivity index (χ0v) is 7.62. The van der Waals surface area contributed by atoms with Gasteiger partial charge in [-0.3, -0.25) is 0 Å². The summed E-state index contributed by atoms with van der Waals surface area (Å²) in [4.78, 5) is 29.9. The van der Waals surface area contributed by atoms with Crippen LogP contribution < -0.4 is 0 Å². The Labute approximate surface area is 71.8 Å². The fraction of sp³-hybridized carbons (Fsp3) is 0.750. The van der Waals surface area contributed by atoms with Gasteiger partial charge < -0.3 is 0 Å². The van der Waals surface area contributed by atoms with Gasteiger partial charge in [0.1, 0.15) is 0 Å². The first-order valence-electron chi connectivity index (χ1n) is 4.03. The number of hydrogen-bond acceptors (Lipinski definition) is 4. The summed E-state index contributed by atoms with van der Waals surface area (Å²) in [5.41, 5.74) is 0. The average Bonchev–Trinajstić information content (AvgIpc) is 2.11. The highest BCUT2D eigenvalue weighted by atomic mass is 17.2. The lowest BCUT2D eigenvalue weighted by molar-refractivity contribution is -0.261. The van der Waals surface area contributed by atoms with Crippen molar-refractivity contribution >= 4 is 11.9 Å². The van der Waals surface area contributed by atoms with E-state index in [-0.39, 0.29) is 12.3 Å². The molecule has 0 spiro atoms. The summed E-state index contributed by atoms with van der Waals surface area (Å²) in [7, 11) is 0. The normalized spacial score (nSPS) is 11.9. The van der Waals surface area contributed by atoms with Gasteiger partial charge in [0, 0.05) is 6.42 Å². The molecule has 0 rings (SSSR count). The molecule has 4 heteroatoms. The van der Waals surface area contributed by atoms with Gasteiger partial charge in [-0.05, 0) is 6.42 Å². The maximum atomic E-state index is 10.9. The molecule has 4 nitrogen and oxygen atoms in total. The molecular formula is C8H14O4. The highest BCUT2D eigenvalue weighted by Gasteiger charge is 2.14. The van der Waals surface area contributed by atoms with Crippen molar-refractivity contribution in [3.63, 3.8) is 0 Å². The SMILES string of the molecule is CCC(=O)OOC(=O)C(C)CC. The summed E-state index contributed by atoms with van der Waals surface area (Å²) in [5.74, 6) is -1.26. The third-order valence-corrected chi connectivity index (χ3v) is 1.52. The van der Waals surface area contributed by atoms with Crippen molar-refractivity contribution in [1.29, 1.82) is 0 Å². The second-order valence-electron chi connectivity index (χ2n) is 2.52. The highest BCUT2D eigenvalue weighted by Crippen LogP contribution is 2.03. The van der Waals surface area contributed by atoms with E-state index in [0.29, 0.717) is 6.42 Å². The fourth-order valence-corrected chi connectivity index (χ4v) is 0.395. The van der Waals surface area contributed by atoms with E-state index in [2.05, 4.69) is 9.78 Å². The molecule has 0 aliphatic heterocycles. The first-order valence-corrected chi connectivity index (χ1v) is 4.03. The fourth-order valence-electron chi connectivity index (χ4n) is 0.395. The Morgan fingerprint density at radius 1 is 1.25 bits per heavy atom. The van der Waals surface area contributed by atoms with Crippen LogP contribution in [-0.2, 0) is 19.4 Å². The van der Waals surface area contributed by atoms with Crippen LogP contribution in [0.3, 0.4) is 0 Å². The van der Waals surface area contributed by atoms with Crippen LogP contribution >= 0.6 is 0 Å². The standard InChI is InChI=1S/C8H14O4/c1-4-6(3)8(10)12-11-7(9)5-2/h6H,4-5H2,1-3H3. The Morgan fingerprint density at radius 2 is 1.83 bits per heavy atom. The summed E-state index contributed by atoms with van der Waals surface area (Å²) < 4.78 is 0. The third-order valence-electron chi connectivity index (χ3n) is 1.52. The highest BCUT2D eigenvalue weighted by molar-refractivity contribution is 5.74. The van der Waals surface area contributed by atoms with E-state index in [1.165, 1.54) is 0 Å². The van der Waals surface area contributed by atoms with Crippen molar-refractivity contribution in [3.05, 3.63) is 0 Å².